The molecule has 4 rings (SSSR count). The average Bonchev–Trinajstić information content (AvgIpc) is 3.23. The van der Waals surface area contributed by atoms with Crippen molar-refractivity contribution < 1.29 is 9.21 Å². The highest BCUT2D eigenvalue weighted by Crippen LogP contribution is 2.28. The lowest BCUT2D eigenvalue weighted by molar-refractivity contribution is -0.117. The lowest BCUT2D eigenvalue weighted by atomic mass is 10.1. The van der Waals surface area contributed by atoms with Crippen LogP contribution in [0.25, 0.3) is 22.0 Å². The fourth-order valence-electron chi connectivity index (χ4n) is 2.90. The summed E-state index contributed by atoms with van der Waals surface area (Å²) in [4.78, 5) is 12.6. The van der Waals surface area contributed by atoms with E-state index in [1.54, 1.807) is 4.68 Å². The van der Waals surface area contributed by atoms with Gasteiger partial charge in [0.15, 0.2) is 5.65 Å². The van der Waals surface area contributed by atoms with E-state index < -0.39 is 5.92 Å². The molecule has 0 unspecified atom stereocenters. The van der Waals surface area contributed by atoms with Crippen molar-refractivity contribution in [3.63, 3.8) is 0 Å². The minimum atomic E-state index is -0.423. The minimum Gasteiger partial charge on any atom is -0.460 e. The Morgan fingerprint density at radius 3 is 2.96 bits per heavy atom. The molecule has 0 bridgehead atoms. The third kappa shape index (κ3) is 2.17. The van der Waals surface area contributed by atoms with E-state index in [4.69, 9.17) is 4.42 Å². The summed E-state index contributed by atoms with van der Waals surface area (Å²) in [7, 11) is 1.82. The van der Waals surface area contributed by atoms with Gasteiger partial charge in [-0.15, -0.1) is 0 Å². The number of carbonyl (C=O) groups excluding carboxylic acids is 1. The lowest BCUT2D eigenvalue weighted by Gasteiger charge is -2.08. The molecule has 0 saturated heterocycles. The summed E-state index contributed by atoms with van der Waals surface area (Å²) in [6.07, 6.45) is 0. The first-order chi connectivity index (χ1) is 11.5. The van der Waals surface area contributed by atoms with Gasteiger partial charge in [-0.2, -0.15) is 10.2 Å². The first-order valence-corrected chi connectivity index (χ1v) is 7.71. The van der Waals surface area contributed by atoms with E-state index >= 15 is 0 Å². The van der Waals surface area contributed by atoms with Crippen LogP contribution >= 0.6 is 0 Å². The number of para-hydroxylation sites is 1. The number of aromatic nitrogens is 4. The average molecular weight is 323 g/mol. The summed E-state index contributed by atoms with van der Waals surface area (Å²) in [6, 6.07) is 9.61. The van der Waals surface area contributed by atoms with Crippen LogP contribution in [-0.2, 0) is 11.8 Å². The molecule has 0 saturated carbocycles. The summed E-state index contributed by atoms with van der Waals surface area (Å²) in [5, 5.41) is 16.1. The Morgan fingerprint density at radius 2 is 2.17 bits per heavy atom. The van der Waals surface area contributed by atoms with E-state index in [9.17, 15) is 4.79 Å². The monoisotopic (exact) mass is 323 g/mol. The largest absolute Gasteiger partial charge is 0.460 e. The number of rotatable bonds is 3. The molecule has 7 heteroatoms. The third-order valence-corrected chi connectivity index (χ3v) is 4.23. The van der Waals surface area contributed by atoms with Crippen molar-refractivity contribution in [1.29, 1.82) is 0 Å². The van der Waals surface area contributed by atoms with E-state index in [0.717, 1.165) is 22.0 Å². The topological polar surface area (TPSA) is 88.7 Å². The van der Waals surface area contributed by atoms with Crippen LogP contribution < -0.4 is 5.32 Å². The summed E-state index contributed by atoms with van der Waals surface area (Å²) >= 11 is 0. The number of nitrogens with zero attached hydrogens (tertiary/aromatic N) is 3. The van der Waals surface area contributed by atoms with Crippen molar-refractivity contribution in [2.24, 2.45) is 7.05 Å². The molecule has 0 aliphatic rings. The van der Waals surface area contributed by atoms with Crippen molar-refractivity contribution in [2.75, 3.05) is 5.32 Å². The number of benzene rings is 1. The number of nitrogens with one attached hydrogen (secondary N) is 2. The van der Waals surface area contributed by atoms with E-state index in [2.05, 4.69) is 20.6 Å². The van der Waals surface area contributed by atoms with Gasteiger partial charge in [0.25, 0.3) is 0 Å². The van der Waals surface area contributed by atoms with Crippen molar-refractivity contribution in [3.8, 4) is 0 Å². The molecule has 7 nitrogen and oxygen atoms in total. The second-order valence-electron chi connectivity index (χ2n) is 5.90. The molecule has 0 radical (unpaired) electrons. The quantitative estimate of drug-likeness (QED) is 0.606. The maximum atomic E-state index is 12.6. The molecule has 1 aromatic carbocycles. The van der Waals surface area contributed by atoms with Crippen LogP contribution in [0, 0.1) is 6.92 Å². The van der Waals surface area contributed by atoms with E-state index in [0.29, 0.717) is 17.2 Å². The van der Waals surface area contributed by atoms with Crippen LogP contribution in [0.5, 0.6) is 0 Å². The van der Waals surface area contributed by atoms with Crippen LogP contribution in [0.1, 0.15) is 24.3 Å². The molecule has 0 spiro atoms. The Hall–Kier alpha value is -3.09. The fourth-order valence-corrected chi connectivity index (χ4v) is 2.90. The van der Waals surface area contributed by atoms with E-state index in [-0.39, 0.29) is 5.91 Å². The molecule has 0 aliphatic carbocycles. The first-order valence-electron chi connectivity index (χ1n) is 7.71. The number of amides is 1. The molecule has 1 amide bonds. The first kappa shape index (κ1) is 14.5. The van der Waals surface area contributed by atoms with Gasteiger partial charge in [0.2, 0.25) is 5.91 Å². The number of furan rings is 1. The molecule has 3 heterocycles. The zero-order valence-corrected chi connectivity index (χ0v) is 13.6. The van der Waals surface area contributed by atoms with Gasteiger partial charge in [-0.25, -0.2) is 4.68 Å². The number of carbonyl (C=O) groups is 1. The van der Waals surface area contributed by atoms with Gasteiger partial charge < -0.3 is 9.73 Å². The summed E-state index contributed by atoms with van der Waals surface area (Å²) in [6.45, 7) is 3.70. The molecule has 0 aliphatic heterocycles. The summed E-state index contributed by atoms with van der Waals surface area (Å²) in [5.74, 6) is 0.603. The highest BCUT2D eigenvalue weighted by atomic mass is 16.3. The molecular weight excluding hydrogens is 306 g/mol. The smallest absolute Gasteiger partial charge is 0.235 e. The summed E-state index contributed by atoms with van der Waals surface area (Å²) < 4.78 is 7.46. The van der Waals surface area contributed by atoms with Crippen molar-refractivity contribution in [1.82, 2.24) is 20.0 Å². The number of hydrogen-bond donors (Lipinski definition) is 2. The molecule has 0 fully saturated rings. The van der Waals surface area contributed by atoms with E-state index in [1.807, 2.05) is 51.2 Å². The maximum Gasteiger partial charge on any atom is 0.235 e. The molecule has 3 aromatic heterocycles. The predicted octanol–water partition coefficient (Wildman–Crippen LogP) is 3.09. The minimum absolute atomic E-state index is 0.164. The van der Waals surface area contributed by atoms with Gasteiger partial charge in [-0.3, -0.25) is 9.89 Å². The number of H-pyrrole nitrogens is 1. The second-order valence-corrected chi connectivity index (χ2v) is 5.90. The number of aromatic amines is 1. The Labute approximate surface area is 137 Å². The summed E-state index contributed by atoms with van der Waals surface area (Å²) in [5.41, 5.74) is 2.30. The van der Waals surface area contributed by atoms with Crippen LogP contribution in [0.15, 0.2) is 34.7 Å². The predicted molar refractivity (Wildman–Crippen MR) is 90.9 cm³/mol. The Bertz CT molecular complexity index is 1020. The molecule has 24 heavy (non-hydrogen) atoms. The van der Waals surface area contributed by atoms with Gasteiger partial charge in [0, 0.05) is 12.4 Å². The standard InChI is InChI=1S/C17H17N5O2/c1-9(13-8-11-6-4-5-7-12(11)24-13)17(23)18-15-14-10(2)21-22(3)16(14)20-19-15/h4-9H,1-3H3,(H2,18,19,20,23)/t9-/m1/s1. The highest BCUT2D eigenvalue weighted by molar-refractivity contribution is 6.02. The SMILES string of the molecule is Cc1nn(C)c2n[nH]c(NC(=O)[C@H](C)c3cc4ccccc4o3)c12. The van der Waals surface area contributed by atoms with Crippen molar-refractivity contribution in [3.05, 3.63) is 41.8 Å². The molecule has 122 valence electrons. The molecule has 1 atom stereocenters. The third-order valence-electron chi connectivity index (χ3n) is 4.23. The highest BCUT2D eigenvalue weighted by Gasteiger charge is 2.22. The van der Waals surface area contributed by atoms with Gasteiger partial charge >= 0.3 is 0 Å². The van der Waals surface area contributed by atoms with Crippen LogP contribution in [0.3, 0.4) is 0 Å². The van der Waals surface area contributed by atoms with Gasteiger partial charge in [0.05, 0.1) is 17.0 Å². The van der Waals surface area contributed by atoms with E-state index in [1.165, 1.54) is 0 Å². The van der Waals surface area contributed by atoms with Crippen LogP contribution in [-0.4, -0.2) is 25.9 Å². The van der Waals surface area contributed by atoms with Gasteiger partial charge in [-0.1, -0.05) is 18.2 Å². The fraction of sp³-hybridized carbons (Fsp3) is 0.235. The number of hydrogen-bond acceptors (Lipinski definition) is 4. The van der Waals surface area contributed by atoms with Crippen molar-refractivity contribution >= 4 is 33.7 Å². The van der Waals surface area contributed by atoms with Crippen molar-refractivity contribution in [2.45, 2.75) is 19.8 Å². The lowest BCUT2D eigenvalue weighted by Crippen LogP contribution is -2.18. The molecule has 4 aromatic rings. The Balaban J connectivity index is 1.62. The Kier molecular flexibility index (Phi) is 3.16. The normalized spacial score (nSPS) is 12.8. The zero-order valence-electron chi connectivity index (χ0n) is 13.6. The molecule has 2 N–H and O–H groups in total. The number of fused-ring (bicyclic) bond motifs is 2. The number of anilines is 1. The molecular formula is C17H17N5O2. The van der Waals surface area contributed by atoms with Crippen LogP contribution in [0.4, 0.5) is 5.82 Å². The second kappa shape index (κ2) is 5.23. The Morgan fingerprint density at radius 1 is 1.38 bits per heavy atom. The zero-order chi connectivity index (χ0) is 16.8. The maximum absolute atomic E-state index is 12.6. The van der Waals surface area contributed by atoms with Crippen LogP contribution in [0.2, 0.25) is 0 Å². The van der Waals surface area contributed by atoms with Gasteiger partial charge in [0.1, 0.15) is 17.2 Å². The number of aryl methyl sites for hydroxylation is 2. The van der Waals surface area contributed by atoms with Gasteiger partial charge in [-0.05, 0) is 26.0 Å².